The van der Waals surface area contributed by atoms with Gasteiger partial charge in [0, 0.05) is 18.7 Å². The average molecular weight is 234 g/mol. The van der Waals surface area contributed by atoms with E-state index >= 15 is 0 Å². The minimum atomic E-state index is -0.189. The normalized spacial score (nSPS) is 12.6. The Bertz CT molecular complexity index is 495. The lowest BCUT2D eigenvalue weighted by Gasteiger charge is -2.14. The second kappa shape index (κ2) is 5.05. The molecule has 0 fully saturated rings. The zero-order valence-electron chi connectivity index (χ0n) is 9.89. The van der Waals surface area contributed by atoms with Crippen molar-refractivity contribution in [2.75, 3.05) is 0 Å². The van der Waals surface area contributed by atoms with Crippen LogP contribution in [0.15, 0.2) is 30.6 Å². The Morgan fingerprint density at radius 1 is 1.41 bits per heavy atom. The third-order valence-electron chi connectivity index (χ3n) is 2.74. The molecule has 1 heterocycles. The molecule has 1 unspecified atom stereocenters. The first-order valence-electron chi connectivity index (χ1n) is 5.49. The molecule has 1 aromatic heterocycles. The maximum absolute atomic E-state index is 13.5. The Kier molecular flexibility index (Phi) is 3.49. The number of hydrogen-bond donors (Lipinski definition) is 1. The van der Waals surface area contributed by atoms with Gasteiger partial charge in [0.2, 0.25) is 0 Å². The molecule has 2 aromatic rings. The second-order valence-corrected chi connectivity index (χ2v) is 3.92. The Morgan fingerprint density at radius 2 is 2.18 bits per heavy atom. The van der Waals surface area contributed by atoms with Crippen LogP contribution in [-0.2, 0) is 13.6 Å². The number of nitrogens with one attached hydrogen (secondary N) is 1. The van der Waals surface area contributed by atoms with Crippen LogP contribution in [0.1, 0.15) is 24.4 Å². The zero-order valence-corrected chi connectivity index (χ0v) is 9.89. The van der Waals surface area contributed by atoms with Crippen LogP contribution < -0.4 is 5.32 Å². The second-order valence-electron chi connectivity index (χ2n) is 3.92. The van der Waals surface area contributed by atoms with Gasteiger partial charge in [-0.05, 0) is 13.0 Å². The van der Waals surface area contributed by atoms with Gasteiger partial charge in [0.15, 0.2) is 0 Å². The van der Waals surface area contributed by atoms with Gasteiger partial charge in [-0.3, -0.25) is 4.68 Å². The lowest BCUT2D eigenvalue weighted by molar-refractivity contribution is 0.510. The highest BCUT2D eigenvalue weighted by atomic mass is 19.1. The molecule has 4 nitrogen and oxygen atoms in total. The molecule has 17 heavy (non-hydrogen) atoms. The molecule has 1 aromatic carbocycles. The fourth-order valence-electron chi connectivity index (χ4n) is 1.66. The van der Waals surface area contributed by atoms with Crippen molar-refractivity contribution in [1.29, 1.82) is 0 Å². The van der Waals surface area contributed by atoms with E-state index in [-0.39, 0.29) is 11.9 Å². The van der Waals surface area contributed by atoms with Crippen molar-refractivity contribution < 1.29 is 4.39 Å². The van der Waals surface area contributed by atoms with Crippen molar-refractivity contribution in [2.45, 2.75) is 19.5 Å². The smallest absolute Gasteiger partial charge is 0.140 e. The summed E-state index contributed by atoms with van der Waals surface area (Å²) in [5, 5.41) is 7.20. The Labute approximate surface area is 99.5 Å². The molecule has 1 N–H and O–H groups in total. The van der Waals surface area contributed by atoms with E-state index in [4.69, 9.17) is 0 Å². The Hall–Kier alpha value is -1.75. The first-order valence-corrected chi connectivity index (χ1v) is 5.49. The largest absolute Gasteiger partial charge is 0.303 e. The summed E-state index contributed by atoms with van der Waals surface area (Å²) in [4.78, 5) is 4.10. The van der Waals surface area contributed by atoms with Gasteiger partial charge < -0.3 is 5.32 Å². The number of hydrogen-bond acceptors (Lipinski definition) is 3. The summed E-state index contributed by atoms with van der Waals surface area (Å²) in [6.45, 7) is 2.49. The number of benzene rings is 1. The van der Waals surface area contributed by atoms with Gasteiger partial charge in [0.1, 0.15) is 18.0 Å². The van der Waals surface area contributed by atoms with Gasteiger partial charge in [0.05, 0.1) is 6.54 Å². The summed E-state index contributed by atoms with van der Waals surface area (Å²) in [6, 6.07) is 6.71. The fourth-order valence-corrected chi connectivity index (χ4v) is 1.66. The average Bonchev–Trinajstić information content (AvgIpc) is 2.72. The van der Waals surface area contributed by atoms with E-state index in [1.807, 2.05) is 20.0 Å². The van der Waals surface area contributed by atoms with E-state index in [0.717, 1.165) is 5.82 Å². The summed E-state index contributed by atoms with van der Waals surface area (Å²) in [7, 11) is 1.83. The van der Waals surface area contributed by atoms with E-state index in [1.165, 1.54) is 12.4 Å². The summed E-state index contributed by atoms with van der Waals surface area (Å²) in [6.07, 6.45) is 1.50. The number of aryl methyl sites for hydroxylation is 1. The molecule has 5 heteroatoms. The number of aromatic nitrogens is 3. The number of halogens is 1. The molecule has 0 aliphatic heterocycles. The van der Waals surface area contributed by atoms with Crippen LogP contribution in [0.3, 0.4) is 0 Å². The molecule has 0 bridgehead atoms. The van der Waals surface area contributed by atoms with Gasteiger partial charge in [0.25, 0.3) is 0 Å². The summed E-state index contributed by atoms with van der Waals surface area (Å²) in [5.41, 5.74) is 0.662. The van der Waals surface area contributed by atoms with E-state index in [9.17, 15) is 4.39 Å². The van der Waals surface area contributed by atoms with Crippen molar-refractivity contribution in [3.05, 3.63) is 47.8 Å². The molecule has 0 saturated carbocycles. The van der Waals surface area contributed by atoms with Crippen LogP contribution in [0.2, 0.25) is 0 Å². The molecule has 0 saturated heterocycles. The predicted octanol–water partition coefficient (Wildman–Crippen LogP) is 1.80. The first kappa shape index (κ1) is 11.7. The first-order chi connectivity index (χ1) is 8.18. The molecule has 90 valence electrons. The highest BCUT2D eigenvalue weighted by Crippen LogP contribution is 2.16. The lowest BCUT2D eigenvalue weighted by Crippen LogP contribution is -2.21. The molecule has 0 aliphatic rings. The highest BCUT2D eigenvalue weighted by molar-refractivity contribution is 5.20. The van der Waals surface area contributed by atoms with Gasteiger partial charge in [-0.1, -0.05) is 18.2 Å². The van der Waals surface area contributed by atoms with E-state index in [0.29, 0.717) is 12.1 Å². The van der Waals surface area contributed by atoms with Crippen LogP contribution in [0.5, 0.6) is 0 Å². The lowest BCUT2D eigenvalue weighted by atomic mass is 10.1. The van der Waals surface area contributed by atoms with Crippen LogP contribution >= 0.6 is 0 Å². The van der Waals surface area contributed by atoms with Crippen molar-refractivity contribution in [3.8, 4) is 0 Å². The highest BCUT2D eigenvalue weighted by Gasteiger charge is 2.10. The van der Waals surface area contributed by atoms with Gasteiger partial charge in [-0.25, -0.2) is 9.37 Å². The SMILES string of the molecule is CC(NCc1ncnn1C)c1ccccc1F. The summed E-state index contributed by atoms with van der Waals surface area (Å²) in [5.74, 6) is 0.638. The van der Waals surface area contributed by atoms with Crippen molar-refractivity contribution in [2.24, 2.45) is 7.05 Å². The van der Waals surface area contributed by atoms with Crippen LogP contribution in [0.25, 0.3) is 0 Å². The molecule has 1 atom stereocenters. The van der Waals surface area contributed by atoms with Gasteiger partial charge in [-0.2, -0.15) is 5.10 Å². The minimum absolute atomic E-state index is 0.0621. The van der Waals surface area contributed by atoms with E-state index in [1.54, 1.807) is 16.8 Å². The molecule has 0 radical (unpaired) electrons. The maximum Gasteiger partial charge on any atom is 0.140 e. The maximum atomic E-state index is 13.5. The van der Waals surface area contributed by atoms with Crippen LogP contribution in [0.4, 0.5) is 4.39 Å². The standard InChI is InChI=1S/C12H15FN4/c1-9(10-5-3-4-6-11(10)13)14-7-12-15-8-16-17(12)2/h3-6,8-9,14H,7H2,1-2H3. The quantitative estimate of drug-likeness (QED) is 0.877. The fraction of sp³-hybridized carbons (Fsp3) is 0.333. The third kappa shape index (κ3) is 2.68. The summed E-state index contributed by atoms with van der Waals surface area (Å²) >= 11 is 0. The Balaban J connectivity index is 2.01. The zero-order chi connectivity index (χ0) is 12.3. The van der Waals surface area contributed by atoms with Crippen LogP contribution in [0, 0.1) is 5.82 Å². The molecule has 0 amide bonds. The summed E-state index contributed by atoms with van der Waals surface area (Å²) < 4.78 is 15.2. The van der Waals surface area contributed by atoms with Crippen molar-refractivity contribution in [3.63, 3.8) is 0 Å². The molecular formula is C12H15FN4. The minimum Gasteiger partial charge on any atom is -0.303 e. The van der Waals surface area contributed by atoms with E-state index in [2.05, 4.69) is 15.4 Å². The molecule has 0 aliphatic carbocycles. The molecule has 0 spiro atoms. The molecular weight excluding hydrogens is 219 g/mol. The third-order valence-corrected chi connectivity index (χ3v) is 2.74. The monoisotopic (exact) mass is 234 g/mol. The topological polar surface area (TPSA) is 42.7 Å². The van der Waals surface area contributed by atoms with Crippen LogP contribution in [-0.4, -0.2) is 14.8 Å². The number of nitrogens with zero attached hydrogens (tertiary/aromatic N) is 3. The van der Waals surface area contributed by atoms with Gasteiger partial charge >= 0.3 is 0 Å². The predicted molar refractivity (Wildman–Crippen MR) is 62.7 cm³/mol. The number of rotatable bonds is 4. The van der Waals surface area contributed by atoms with Crippen molar-refractivity contribution in [1.82, 2.24) is 20.1 Å². The molecule has 2 rings (SSSR count). The van der Waals surface area contributed by atoms with E-state index < -0.39 is 0 Å². The van der Waals surface area contributed by atoms with Crippen molar-refractivity contribution >= 4 is 0 Å². The van der Waals surface area contributed by atoms with Gasteiger partial charge in [-0.15, -0.1) is 0 Å². The Morgan fingerprint density at radius 3 is 2.82 bits per heavy atom.